The summed E-state index contributed by atoms with van der Waals surface area (Å²) in [6, 6.07) is 1.98. The van der Waals surface area contributed by atoms with Crippen molar-refractivity contribution in [2.24, 2.45) is 0 Å². The van der Waals surface area contributed by atoms with E-state index < -0.39 is 0 Å². The fourth-order valence-electron chi connectivity index (χ4n) is 5.80. The number of hydrogen-bond donors (Lipinski definition) is 2. The van der Waals surface area contributed by atoms with Gasteiger partial charge >= 0.3 is 0 Å². The van der Waals surface area contributed by atoms with Gasteiger partial charge in [0.2, 0.25) is 5.82 Å². The van der Waals surface area contributed by atoms with Gasteiger partial charge in [0.25, 0.3) is 0 Å². The number of rotatable bonds is 6. The third kappa shape index (κ3) is 3.96. The number of nitrogens with zero attached hydrogens (tertiary/aromatic N) is 4. The molecule has 0 spiro atoms. The van der Waals surface area contributed by atoms with Gasteiger partial charge in [-0.25, -0.2) is 4.68 Å². The maximum absolute atomic E-state index is 4.56. The molecule has 0 aromatic carbocycles. The monoisotopic (exact) mass is 362 g/mol. The van der Waals surface area contributed by atoms with Crippen LogP contribution in [0.1, 0.15) is 95.5 Å². The van der Waals surface area contributed by atoms with Crippen LogP contribution < -0.4 is 9.80 Å². The molecule has 4 rings (SSSR count). The van der Waals surface area contributed by atoms with Crippen LogP contribution in [0.15, 0.2) is 0 Å². The van der Waals surface area contributed by atoms with E-state index in [4.69, 9.17) is 0 Å². The van der Waals surface area contributed by atoms with Gasteiger partial charge in [-0.2, -0.15) is 0 Å². The predicted octanol–water partition coefficient (Wildman–Crippen LogP) is 0.746. The van der Waals surface area contributed by atoms with Crippen LogP contribution in [-0.4, -0.2) is 52.4 Å². The molecule has 2 aliphatic carbocycles. The second-order valence-electron chi connectivity index (χ2n) is 8.91. The highest BCUT2D eigenvalue weighted by Crippen LogP contribution is 2.29. The quantitative estimate of drug-likeness (QED) is 0.785. The van der Waals surface area contributed by atoms with E-state index in [2.05, 4.69) is 27.1 Å². The second-order valence-corrected chi connectivity index (χ2v) is 8.91. The van der Waals surface area contributed by atoms with Crippen LogP contribution >= 0.6 is 0 Å². The van der Waals surface area contributed by atoms with Crippen LogP contribution in [0.3, 0.4) is 0 Å². The Bertz CT molecular complexity index is 538. The zero-order valence-electron chi connectivity index (χ0n) is 16.6. The number of aromatic nitrogens is 4. The first kappa shape index (κ1) is 18.4. The lowest BCUT2D eigenvalue weighted by Gasteiger charge is -2.36. The normalized spacial score (nSPS) is 29.9. The van der Waals surface area contributed by atoms with Crippen LogP contribution in [0, 0.1) is 0 Å². The van der Waals surface area contributed by atoms with Crippen molar-refractivity contribution in [1.29, 1.82) is 0 Å². The van der Waals surface area contributed by atoms with E-state index in [1.54, 1.807) is 4.90 Å². The molecule has 146 valence electrons. The van der Waals surface area contributed by atoms with Gasteiger partial charge in [-0.3, -0.25) is 0 Å². The minimum Gasteiger partial charge on any atom is -0.323 e. The third-order valence-electron chi connectivity index (χ3n) is 7.29. The average Bonchev–Trinajstić information content (AvgIpc) is 3.39. The Morgan fingerprint density at radius 3 is 2.35 bits per heavy atom. The summed E-state index contributed by atoms with van der Waals surface area (Å²) in [4.78, 5) is 3.62. The van der Waals surface area contributed by atoms with E-state index in [0.29, 0.717) is 12.1 Å². The van der Waals surface area contributed by atoms with E-state index in [-0.39, 0.29) is 0 Å². The number of hydrogen-bond acceptors (Lipinski definition) is 3. The molecule has 1 saturated heterocycles. The van der Waals surface area contributed by atoms with Crippen LogP contribution in [0.4, 0.5) is 0 Å². The highest BCUT2D eigenvalue weighted by molar-refractivity contribution is 4.91. The Balaban J connectivity index is 1.44. The topological polar surface area (TPSA) is 52.5 Å². The number of nitrogens with one attached hydrogen (secondary N) is 2. The predicted molar refractivity (Wildman–Crippen MR) is 101 cm³/mol. The van der Waals surface area contributed by atoms with Gasteiger partial charge < -0.3 is 9.80 Å². The summed E-state index contributed by atoms with van der Waals surface area (Å²) in [7, 11) is 0. The van der Waals surface area contributed by atoms with E-state index >= 15 is 0 Å². The van der Waals surface area contributed by atoms with Crippen LogP contribution in [-0.2, 0) is 0 Å². The molecule has 26 heavy (non-hydrogen) atoms. The molecule has 1 aliphatic heterocycles. The molecule has 1 atom stereocenters. The number of quaternary nitrogens is 2. The van der Waals surface area contributed by atoms with Crippen molar-refractivity contribution in [3.05, 3.63) is 5.82 Å². The Morgan fingerprint density at radius 1 is 0.962 bits per heavy atom. The van der Waals surface area contributed by atoms with E-state index in [1.807, 2.05) is 4.90 Å². The van der Waals surface area contributed by atoms with Crippen LogP contribution in [0.2, 0.25) is 0 Å². The molecular formula is C20H38N6+2. The van der Waals surface area contributed by atoms with Gasteiger partial charge in [0.05, 0.1) is 12.1 Å². The summed E-state index contributed by atoms with van der Waals surface area (Å²) >= 11 is 0. The van der Waals surface area contributed by atoms with Crippen LogP contribution in [0.25, 0.3) is 0 Å². The lowest BCUT2D eigenvalue weighted by atomic mass is 9.95. The van der Waals surface area contributed by atoms with Crippen LogP contribution in [0.5, 0.6) is 0 Å². The van der Waals surface area contributed by atoms with E-state index in [9.17, 15) is 0 Å². The van der Waals surface area contributed by atoms with Crippen molar-refractivity contribution >= 4 is 0 Å². The Morgan fingerprint density at radius 2 is 1.65 bits per heavy atom. The molecule has 3 aliphatic rings. The number of tetrazole rings is 1. The highest BCUT2D eigenvalue weighted by atomic mass is 15.6. The minimum absolute atomic E-state index is 0.488. The summed E-state index contributed by atoms with van der Waals surface area (Å²) in [5.41, 5.74) is 0. The second kappa shape index (κ2) is 8.79. The SMILES string of the molecule is CCC[C@H](c1nnnn1C1CCCCC1)[NH+]1CC[NH+](C2CCCC2)CC1. The zero-order valence-corrected chi connectivity index (χ0v) is 16.6. The largest absolute Gasteiger partial charge is 0.323 e. The summed E-state index contributed by atoms with van der Waals surface area (Å²) < 4.78 is 2.22. The maximum Gasteiger partial charge on any atom is 0.209 e. The fourth-order valence-corrected chi connectivity index (χ4v) is 5.80. The molecule has 6 heteroatoms. The van der Waals surface area contributed by atoms with Gasteiger partial charge in [0.1, 0.15) is 32.2 Å². The first-order valence-electron chi connectivity index (χ1n) is 11.3. The molecule has 1 aromatic rings. The molecule has 2 N–H and O–H groups in total. The van der Waals surface area contributed by atoms with Crippen molar-refractivity contribution in [3.63, 3.8) is 0 Å². The average molecular weight is 363 g/mol. The van der Waals surface area contributed by atoms with Crippen molar-refractivity contribution in [2.45, 2.75) is 95.7 Å². The Labute approximate surface area is 158 Å². The van der Waals surface area contributed by atoms with Gasteiger partial charge in [-0.15, -0.1) is 5.10 Å². The standard InChI is InChI=1S/C20H36N6/c1-2-8-19(20-21-22-23-26(20)18-11-4-3-5-12-18)25-15-13-24(14-16-25)17-9-6-7-10-17/h17-19H,2-16H2,1H3/p+2/t19-/m1/s1. The summed E-state index contributed by atoms with van der Waals surface area (Å²) in [6.45, 7) is 7.56. The summed E-state index contributed by atoms with van der Waals surface area (Å²) in [5.74, 6) is 1.18. The van der Waals surface area contributed by atoms with Crippen molar-refractivity contribution in [3.8, 4) is 0 Å². The lowest BCUT2D eigenvalue weighted by molar-refractivity contribution is -1.04. The van der Waals surface area contributed by atoms with Gasteiger partial charge in [-0.05, 0) is 49.0 Å². The zero-order chi connectivity index (χ0) is 17.8. The lowest BCUT2D eigenvalue weighted by Crippen LogP contribution is -3.29. The smallest absolute Gasteiger partial charge is 0.209 e. The molecule has 1 aromatic heterocycles. The summed E-state index contributed by atoms with van der Waals surface area (Å²) in [5, 5.41) is 13.1. The Kier molecular flexibility index (Phi) is 6.20. The first-order valence-corrected chi connectivity index (χ1v) is 11.3. The van der Waals surface area contributed by atoms with E-state index in [1.165, 1.54) is 103 Å². The highest BCUT2D eigenvalue weighted by Gasteiger charge is 2.37. The maximum atomic E-state index is 4.56. The van der Waals surface area contributed by atoms with Crippen molar-refractivity contribution in [2.75, 3.05) is 26.2 Å². The van der Waals surface area contributed by atoms with Crippen molar-refractivity contribution < 1.29 is 9.80 Å². The molecule has 2 heterocycles. The molecule has 2 saturated carbocycles. The van der Waals surface area contributed by atoms with Gasteiger partial charge in [0.15, 0.2) is 0 Å². The Hall–Kier alpha value is -1.01. The molecule has 6 nitrogen and oxygen atoms in total. The molecule has 3 fully saturated rings. The van der Waals surface area contributed by atoms with Crippen molar-refractivity contribution in [1.82, 2.24) is 20.2 Å². The number of piperazine rings is 1. The molecule has 0 amide bonds. The van der Waals surface area contributed by atoms with Gasteiger partial charge in [-0.1, -0.05) is 32.6 Å². The molecular weight excluding hydrogens is 324 g/mol. The molecule has 0 bridgehead atoms. The van der Waals surface area contributed by atoms with E-state index in [0.717, 1.165) is 6.04 Å². The first-order chi connectivity index (χ1) is 12.9. The van der Waals surface area contributed by atoms with Gasteiger partial charge in [0, 0.05) is 6.42 Å². The third-order valence-corrected chi connectivity index (χ3v) is 7.29. The molecule has 0 radical (unpaired) electrons. The summed E-state index contributed by atoms with van der Waals surface area (Å²) in [6.07, 6.45) is 14.8. The fraction of sp³-hybridized carbons (Fsp3) is 0.950. The minimum atomic E-state index is 0.488. The molecule has 0 unspecified atom stereocenters.